The fourth-order valence-electron chi connectivity index (χ4n) is 1.98. The molecular formula is C11H13N3O. The molecule has 0 bridgehead atoms. The van der Waals surface area contributed by atoms with E-state index in [1.807, 2.05) is 6.07 Å². The van der Waals surface area contributed by atoms with Gasteiger partial charge in [0.2, 0.25) is 0 Å². The van der Waals surface area contributed by atoms with Crippen molar-refractivity contribution >= 4 is 11.1 Å². The summed E-state index contributed by atoms with van der Waals surface area (Å²) in [6, 6.07) is 6.56. The van der Waals surface area contributed by atoms with E-state index in [0.29, 0.717) is 6.04 Å². The van der Waals surface area contributed by atoms with Gasteiger partial charge in [-0.25, -0.2) is 4.98 Å². The van der Waals surface area contributed by atoms with E-state index in [1.54, 1.807) is 0 Å². The van der Waals surface area contributed by atoms with Gasteiger partial charge in [-0.1, -0.05) is 6.07 Å². The Morgan fingerprint density at radius 2 is 2.33 bits per heavy atom. The van der Waals surface area contributed by atoms with Crippen molar-refractivity contribution in [2.75, 3.05) is 19.6 Å². The molecule has 2 N–H and O–H groups in total. The second kappa shape index (κ2) is 3.64. The minimum absolute atomic E-state index is 0.383. The molecule has 0 radical (unpaired) electrons. The fraction of sp³-hybridized carbons (Fsp3) is 0.364. The number of benzene rings is 1. The lowest BCUT2D eigenvalue weighted by Gasteiger charge is -2.24. The van der Waals surface area contributed by atoms with Crippen molar-refractivity contribution in [3.05, 3.63) is 30.2 Å². The third kappa shape index (κ3) is 1.62. The first-order valence-electron chi connectivity index (χ1n) is 5.21. The predicted octanol–water partition coefficient (Wildman–Crippen LogP) is 1.06. The molecule has 78 valence electrons. The number of nitrogens with one attached hydrogen (secondary N) is 2. The van der Waals surface area contributed by atoms with Crippen LogP contribution in [-0.2, 0) is 0 Å². The van der Waals surface area contributed by atoms with Crippen LogP contribution >= 0.6 is 0 Å². The Kier molecular flexibility index (Phi) is 2.16. The van der Waals surface area contributed by atoms with Gasteiger partial charge in [-0.2, -0.15) is 0 Å². The van der Waals surface area contributed by atoms with Crippen LogP contribution in [0.4, 0.5) is 0 Å². The molecule has 1 fully saturated rings. The van der Waals surface area contributed by atoms with Gasteiger partial charge in [0.1, 0.15) is 5.52 Å². The van der Waals surface area contributed by atoms with E-state index in [0.717, 1.165) is 30.7 Å². The molecule has 1 aromatic heterocycles. The van der Waals surface area contributed by atoms with Gasteiger partial charge >= 0.3 is 0 Å². The zero-order chi connectivity index (χ0) is 10.1. The zero-order valence-corrected chi connectivity index (χ0v) is 8.36. The predicted molar refractivity (Wildman–Crippen MR) is 57.6 cm³/mol. The lowest BCUT2D eigenvalue weighted by Crippen LogP contribution is -2.42. The summed E-state index contributed by atoms with van der Waals surface area (Å²) in [5.41, 5.74) is 3.04. The van der Waals surface area contributed by atoms with Crippen molar-refractivity contribution in [1.29, 1.82) is 0 Å². The van der Waals surface area contributed by atoms with Crippen LogP contribution in [0.2, 0.25) is 0 Å². The molecule has 3 rings (SSSR count). The average molecular weight is 203 g/mol. The number of aromatic nitrogens is 1. The summed E-state index contributed by atoms with van der Waals surface area (Å²) in [6.45, 7) is 3.03. The third-order valence-electron chi connectivity index (χ3n) is 2.80. The highest BCUT2D eigenvalue weighted by atomic mass is 16.3. The number of nitrogens with zero attached hydrogens (tertiary/aromatic N) is 1. The minimum atomic E-state index is 0.383. The van der Waals surface area contributed by atoms with Gasteiger partial charge < -0.3 is 15.1 Å². The highest BCUT2D eigenvalue weighted by Gasteiger charge is 2.14. The van der Waals surface area contributed by atoms with Crippen molar-refractivity contribution in [2.24, 2.45) is 0 Å². The number of piperazine rings is 1. The Labute approximate surface area is 87.7 Å². The van der Waals surface area contributed by atoms with Crippen LogP contribution in [0.15, 0.2) is 29.0 Å². The van der Waals surface area contributed by atoms with E-state index in [1.165, 1.54) is 12.0 Å². The monoisotopic (exact) mass is 203 g/mol. The summed E-state index contributed by atoms with van der Waals surface area (Å²) in [5.74, 6) is 0. The van der Waals surface area contributed by atoms with Crippen molar-refractivity contribution < 1.29 is 4.42 Å². The molecule has 4 nitrogen and oxygen atoms in total. The van der Waals surface area contributed by atoms with E-state index >= 15 is 0 Å². The summed E-state index contributed by atoms with van der Waals surface area (Å²) in [7, 11) is 0. The molecule has 0 aliphatic carbocycles. The molecular weight excluding hydrogens is 190 g/mol. The summed E-state index contributed by atoms with van der Waals surface area (Å²) >= 11 is 0. The van der Waals surface area contributed by atoms with Gasteiger partial charge in [0, 0.05) is 25.7 Å². The second-order valence-corrected chi connectivity index (χ2v) is 3.79. The van der Waals surface area contributed by atoms with Gasteiger partial charge in [0.15, 0.2) is 12.0 Å². The van der Waals surface area contributed by atoms with Crippen molar-refractivity contribution in [3.63, 3.8) is 0 Å². The average Bonchev–Trinajstić information content (AvgIpc) is 2.77. The van der Waals surface area contributed by atoms with Crippen molar-refractivity contribution in [1.82, 2.24) is 15.6 Å². The summed E-state index contributed by atoms with van der Waals surface area (Å²) < 4.78 is 5.29. The second-order valence-electron chi connectivity index (χ2n) is 3.79. The normalized spacial score (nSPS) is 22.0. The number of fused-ring (bicyclic) bond motifs is 1. The number of hydrogen-bond acceptors (Lipinski definition) is 4. The SMILES string of the molecule is c1nc2ccc(C3CNCCN3)cc2o1. The van der Waals surface area contributed by atoms with Gasteiger partial charge in [0.25, 0.3) is 0 Å². The van der Waals surface area contributed by atoms with Crippen LogP contribution in [0.25, 0.3) is 11.1 Å². The maximum atomic E-state index is 5.29. The van der Waals surface area contributed by atoms with E-state index in [2.05, 4.69) is 27.8 Å². The lowest BCUT2D eigenvalue weighted by atomic mass is 10.1. The van der Waals surface area contributed by atoms with Crippen LogP contribution < -0.4 is 10.6 Å². The molecule has 4 heteroatoms. The number of rotatable bonds is 1. The molecule has 0 amide bonds. The van der Waals surface area contributed by atoms with E-state index in [-0.39, 0.29) is 0 Å². The minimum Gasteiger partial charge on any atom is -0.443 e. The molecule has 1 atom stereocenters. The van der Waals surface area contributed by atoms with Crippen molar-refractivity contribution in [2.45, 2.75) is 6.04 Å². The van der Waals surface area contributed by atoms with Crippen LogP contribution in [0.5, 0.6) is 0 Å². The van der Waals surface area contributed by atoms with Crippen molar-refractivity contribution in [3.8, 4) is 0 Å². The molecule has 0 saturated carbocycles. The highest BCUT2D eigenvalue weighted by molar-refractivity contribution is 5.72. The first-order chi connectivity index (χ1) is 7.43. The largest absolute Gasteiger partial charge is 0.443 e. The van der Waals surface area contributed by atoms with Gasteiger partial charge in [-0.05, 0) is 17.7 Å². The number of hydrogen-bond donors (Lipinski definition) is 2. The molecule has 15 heavy (non-hydrogen) atoms. The Bertz CT molecular complexity index is 460. The maximum absolute atomic E-state index is 5.29. The maximum Gasteiger partial charge on any atom is 0.181 e. The van der Waals surface area contributed by atoms with Gasteiger partial charge in [-0.15, -0.1) is 0 Å². The highest BCUT2D eigenvalue weighted by Crippen LogP contribution is 2.19. The molecule has 2 heterocycles. The zero-order valence-electron chi connectivity index (χ0n) is 8.36. The van der Waals surface area contributed by atoms with Crippen LogP contribution in [0.3, 0.4) is 0 Å². The first kappa shape index (κ1) is 8.88. The molecule has 2 aromatic rings. The third-order valence-corrected chi connectivity index (χ3v) is 2.80. The number of oxazole rings is 1. The van der Waals surface area contributed by atoms with E-state index < -0.39 is 0 Å². The first-order valence-corrected chi connectivity index (χ1v) is 5.21. The standard InChI is InChI=1S/C11H13N3O/c1-2-9-11(15-7-14-9)5-8(1)10-6-12-3-4-13-10/h1-2,5,7,10,12-13H,3-4,6H2. The molecule has 0 spiro atoms. The fourth-order valence-corrected chi connectivity index (χ4v) is 1.98. The summed E-state index contributed by atoms with van der Waals surface area (Å²) in [4.78, 5) is 4.10. The topological polar surface area (TPSA) is 50.1 Å². The quantitative estimate of drug-likeness (QED) is 0.727. The van der Waals surface area contributed by atoms with Gasteiger partial charge in [0.05, 0.1) is 0 Å². The summed E-state index contributed by atoms with van der Waals surface area (Å²) in [6.07, 6.45) is 1.49. The molecule has 1 aliphatic heterocycles. The smallest absolute Gasteiger partial charge is 0.181 e. The Balaban J connectivity index is 1.95. The Morgan fingerprint density at radius 1 is 1.33 bits per heavy atom. The van der Waals surface area contributed by atoms with E-state index in [4.69, 9.17) is 4.42 Å². The lowest BCUT2D eigenvalue weighted by molar-refractivity contribution is 0.430. The van der Waals surface area contributed by atoms with Crippen LogP contribution in [0.1, 0.15) is 11.6 Å². The molecule has 1 aliphatic rings. The van der Waals surface area contributed by atoms with E-state index in [9.17, 15) is 0 Å². The van der Waals surface area contributed by atoms with Gasteiger partial charge in [-0.3, -0.25) is 0 Å². The molecule has 1 saturated heterocycles. The van der Waals surface area contributed by atoms with Crippen LogP contribution in [0, 0.1) is 0 Å². The molecule has 1 unspecified atom stereocenters. The Hall–Kier alpha value is -1.39. The Morgan fingerprint density at radius 3 is 3.20 bits per heavy atom. The van der Waals surface area contributed by atoms with Crippen LogP contribution in [-0.4, -0.2) is 24.6 Å². The molecule has 1 aromatic carbocycles. The summed E-state index contributed by atoms with van der Waals surface area (Å²) in [5, 5.41) is 6.83.